The molecule has 2 aromatic carbocycles. The minimum atomic E-state index is -0.0671. The molecule has 7 nitrogen and oxygen atoms in total. The molecule has 154 valence electrons. The Balaban J connectivity index is 1.54. The van der Waals surface area contributed by atoms with Crippen molar-refractivity contribution in [1.82, 2.24) is 23.6 Å². The molecule has 4 aromatic rings. The number of para-hydroxylation sites is 1. The number of nitrogens with zero attached hydrogens (tertiary/aromatic N) is 5. The number of hydrogen-bond donors (Lipinski definition) is 0. The molecular weight excluding hydrogens is 398 g/mol. The summed E-state index contributed by atoms with van der Waals surface area (Å²) in [4.78, 5) is 15.1. The molecule has 0 spiro atoms. The van der Waals surface area contributed by atoms with Crippen LogP contribution in [0.15, 0.2) is 53.3 Å². The quantitative estimate of drug-likeness (QED) is 0.447. The van der Waals surface area contributed by atoms with Crippen molar-refractivity contribution < 1.29 is 4.74 Å². The van der Waals surface area contributed by atoms with Crippen LogP contribution in [0.1, 0.15) is 18.4 Å². The molecular formula is C22H23N5O2S. The second-order valence-corrected chi connectivity index (χ2v) is 8.13. The van der Waals surface area contributed by atoms with Crippen molar-refractivity contribution in [3.8, 4) is 5.75 Å². The van der Waals surface area contributed by atoms with E-state index in [1.165, 1.54) is 18.4 Å². The van der Waals surface area contributed by atoms with Crippen molar-refractivity contribution in [2.75, 3.05) is 7.11 Å². The van der Waals surface area contributed by atoms with Crippen LogP contribution in [0, 0.1) is 4.77 Å². The van der Waals surface area contributed by atoms with Crippen molar-refractivity contribution in [3.05, 3.63) is 69.2 Å². The van der Waals surface area contributed by atoms with Crippen molar-refractivity contribution in [1.29, 1.82) is 0 Å². The van der Waals surface area contributed by atoms with Gasteiger partial charge >= 0.3 is 0 Å². The van der Waals surface area contributed by atoms with Crippen LogP contribution >= 0.6 is 12.2 Å². The van der Waals surface area contributed by atoms with Crippen molar-refractivity contribution in [2.24, 2.45) is 7.05 Å². The second kappa shape index (κ2) is 7.37. The van der Waals surface area contributed by atoms with Gasteiger partial charge in [0.05, 0.1) is 24.7 Å². The first-order valence-corrected chi connectivity index (χ1v) is 10.4. The van der Waals surface area contributed by atoms with Crippen LogP contribution in [0.2, 0.25) is 0 Å². The highest BCUT2D eigenvalue weighted by molar-refractivity contribution is 7.71. The molecule has 2 aromatic heterocycles. The number of hydrogen-bond acceptors (Lipinski definition) is 5. The summed E-state index contributed by atoms with van der Waals surface area (Å²) in [5.74, 6) is 1.41. The lowest BCUT2D eigenvalue weighted by molar-refractivity contribution is 0.187. The lowest BCUT2D eigenvalue weighted by Gasteiger charge is -2.21. The largest absolute Gasteiger partial charge is 0.497 e. The van der Waals surface area contributed by atoms with Crippen molar-refractivity contribution in [3.63, 3.8) is 0 Å². The Kier molecular flexibility index (Phi) is 4.67. The average molecular weight is 422 g/mol. The van der Waals surface area contributed by atoms with Crippen LogP contribution in [0.25, 0.3) is 16.7 Å². The maximum Gasteiger partial charge on any atom is 0.262 e. The molecule has 0 radical (unpaired) electrons. The van der Waals surface area contributed by atoms with Gasteiger partial charge in [-0.2, -0.15) is 0 Å². The summed E-state index contributed by atoms with van der Waals surface area (Å²) in [7, 11) is 3.42. The summed E-state index contributed by atoms with van der Waals surface area (Å²) in [6, 6.07) is 16.2. The molecule has 2 heterocycles. The van der Waals surface area contributed by atoms with Gasteiger partial charge in [-0.1, -0.05) is 24.3 Å². The number of rotatable bonds is 6. The molecule has 8 heteroatoms. The topological polar surface area (TPSA) is 56.7 Å². The van der Waals surface area contributed by atoms with E-state index in [0.29, 0.717) is 28.6 Å². The average Bonchev–Trinajstić information content (AvgIpc) is 3.57. The van der Waals surface area contributed by atoms with Crippen LogP contribution < -0.4 is 10.3 Å². The fraction of sp³-hybridized carbons (Fsp3) is 0.318. The third kappa shape index (κ3) is 3.22. The van der Waals surface area contributed by atoms with Crippen LogP contribution in [0.5, 0.6) is 5.75 Å². The molecule has 1 aliphatic rings. The van der Waals surface area contributed by atoms with E-state index in [0.717, 1.165) is 17.8 Å². The van der Waals surface area contributed by atoms with Gasteiger partial charge in [0.2, 0.25) is 10.5 Å². The summed E-state index contributed by atoms with van der Waals surface area (Å²) in [6.07, 6.45) is 2.36. The van der Waals surface area contributed by atoms with E-state index < -0.39 is 0 Å². The zero-order chi connectivity index (χ0) is 20.8. The third-order valence-electron chi connectivity index (χ3n) is 5.73. The maximum atomic E-state index is 12.7. The summed E-state index contributed by atoms with van der Waals surface area (Å²) >= 11 is 5.78. The van der Waals surface area contributed by atoms with Gasteiger partial charge in [0.1, 0.15) is 5.75 Å². The molecule has 1 fully saturated rings. The normalized spacial score (nSPS) is 14.1. The van der Waals surface area contributed by atoms with Gasteiger partial charge in [-0.25, -0.2) is 4.68 Å². The standard InChI is InChI=1S/C22H23N5O2S/c1-24-20(28)18-5-3-4-6-19(18)27-21(24)23-26(22(27)30)14-25(16-9-10-16)13-15-7-11-17(29-2)12-8-15/h3-8,11-12,16H,9-10,13-14H2,1-2H3. The number of aryl methyl sites for hydroxylation is 1. The zero-order valence-corrected chi connectivity index (χ0v) is 17.8. The first-order valence-electron chi connectivity index (χ1n) is 10.0. The fourth-order valence-electron chi connectivity index (χ4n) is 3.91. The van der Waals surface area contributed by atoms with Gasteiger partial charge in [-0.3, -0.25) is 18.7 Å². The molecule has 0 atom stereocenters. The number of fused-ring (bicyclic) bond motifs is 3. The predicted molar refractivity (Wildman–Crippen MR) is 118 cm³/mol. The molecule has 0 bridgehead atoms. The Morgan fingerprint density at radius 2 is 1.90 bits per heavy atom. The van der Waals surface area contributed by atoms with Gasteiger partial charge in [-0.15, -0.1) is 5.10 Å². The Morgan fingerprint density at radius 3 is 2.60 bits per heavy atom. The van der Waals surface area contributed by atoms with E-state index in [1.807, 2.05) is 45.5 Å². The highest BCUT2D eigenvalue weighted by Crippen LogP contribution is 2.29. The van der Waals surface area contributed by atoms with Crippen LogP contribution in [-0.2, 0) is 20.3 Å². The summed E-state index contributed by atoms with van der Waals surface area (Å²) < 4.78 is 11.2. The van der Waals surface area contributed by atoms with E-state index in [2.05, 4.69) is 17.0 Å². The Morgan fingerprint density at radius 1 is 1.17 bits per heavy atom. The molecule has 0 amide bonds. The minimum Gasteiger partial charge on any atom is -0.497 e. The van der Waals surface area contributed by atoms with Gasteiger partial charge in [0.15, 0.2) is 0 Å². The molecule has 1 aliphatic carbocycles. The fourth-order valence-corrected chi connectivity index (χ4v) is 4.19. The Labute approximate surface area is 178 Å². The smallest absolute Gasteiger partial charge is 0.262 e. The van der Waals surface area contributed by atoms with Crippen molar-refractivity contribution in [2.45, 2.75) is 32.1 Å². The Hall–Kier alpha value is -2.97. The zero-order valence-electron chi connectivity index (χ0n) is 17.0. The predicted octanol–water partition coefficient (Wildman–Crippen LogP) is 3.35. The second-order valence-electron chi connectivity index (χ2n) is 7.77. The highest BCUT2D eigenvalue weighted by atomic mass is 32.1. The lowest BCUT2D eigenvalue weighted by atomic mass is 10.2. The SMILES string of the molecule is COc1ccc(CN(Cn2nc3n(C)c(=O)c4ccccc4n3c2=S)C2CC2)cc1. The van der Waals surface area contributed by atoms with Crippen LogP contribution in [0.3, 0.4) is 0 Å². The van der Waals surface area contributed by atoms with Gasteiger partial charge < -0.3 is 4.74 Å². The monoisotopic (exact) mass is 421 g/mol. The number of methoxy groups -OCH3 is 1. The van der Waals surface area contributed by atoms with E-state index in [1.54, 1.807) is 18.7 Å². The molecule has 30 heavy (non-hydrogen) atoms. The number of aromatic nitrogens is 4. The van der Waals surface area contributed by atoms with Gasteiger partial charge in [-0.05, 0) is 54.9 Å². The highest BCUT2D eigenvalue weighted by Gasteiger charge is 2.30. The third-order valence-corrected chi connectivity index (χ3v) is 6.12. The number of ether oxygens (including phenoxy) is 1. The first-order chi connectivity index (χ1) is 14.6. The molecule has 0 unspecified atom stereocenters. The number of benzene rings is 2. The summed E-state index contributed by atoms with van der Waals surface area (Å²) in [6.45, 7) is 1.39. The Bertz CT molecular complexity index is 1350. The maximum absolute atomic E-state index is 12.7. The van der Waals surface area contributed by atoms with E-state index in [-0.39, 0.29) is 5.56 Å². The molecule has 0 N–H and O–H groups in total. The molecule has 5 rings (SSSR count). The van der Waals surface area contributed by atoms with E-state index >= 15 is 0 Å². The minimum absolute atomic E-state index is 0.0671. The summed E-state index contributed by atoms with van der Waals surface area (Å²) in [5, 5.41) is 5.36. The summed E-state index contributed by atoms with van der Waals surface area (Å²) in [5.41, 5.74) is 1.94. The van der Waals surface area contributed by atoms with E-state index in [9.17, 15) is 4.79 Å². The van der Waals surface area contributed by atoms with Crippen LogP contribution in [0.4, 0.5) is 0 Å². The van der Waals surface area contributed by atoms with Gasteiger partial charge in [0.25, 0.3) is 5.56 Å². The van der Waals surface area contributed by atoms with Gasteiger partial charge in [0, 0.05) is 19.6 Å². The molecule has 1 saturated carbocycles. The van der Waals surface area contributed by atoms with Crippen LogP contribution in [-0.4, -0.2) is 36.8 Å². The molecule has 0 saturated heterocycles. The lowest BCUT2D eigenvalue weighted by Crippen LogP contribution is -2.29. The van der Waals surface area contributed by atoms with Crippen molar-refractivity contribution >= 4 is 28.9 Å². The first kappa shape index (κ1) is 19.0. The van der Waals surface area contributed by atoms with E-state index in [4.69, 9.17) is 22.1 Å². The molecule has 0 aliphatic heterocycles.